The molecule has 19 heteroatoms. The van der Waals surface area contributed by atoms with Crippen molar-refractivity contribution in [2.45, 2.75) is 52.4 Å². The first kappa shape index (κ1) is 52.8. The SMILES string of the molecule is CCC(=O)CN=NCC(=O)CCC(=O)Nc1ccc(-c2ccc(NC(=O)CCC(=O)CN=NCC(=O)CC)c3c2C(=O)c2ccccc2C3=O)c2c1C(=O)c1ccccc1C2=O.[Cl-].[Cl-].[Cu+2]. The van der Waals surface area contributed by atoms with Crippen molar-refractivity contribution in [1.29, 1.82) is 0 Å². The van der Waals surface area contributed by atoms with Gasteiger partial charge in [0.1, 0.15) is 26.2 Å². The summed E-state index contributed by atoms with van der Waals surface area (Å²) in [5.74, 6) is -4.77. The first-order valence-corrected chi connectivity index (χ1v) is 19.9. The van der Waals surface area contributed by atoms with Crippen molar-refractivity contribution < 1.29 is 89.8 Å². The molecule has 4 aromatic carbocycles. The van der Waals surface area contributed by atoms with Crippen molar-refractivity contribution in [2.75, 3.05) is 36.8 Å². The van der Waals surface area contributed by atoms with E-state index >= 15 is 0 Å². The number of nitrogens with zero attached hydrogens (tertiary/aromatic N) is 4. The third-order valence-corrected chi connectivity index (χ3v) is 10.2. The Morgan fingerprint density at radius 2 is 0.692 bits per heavy atom. The average Bonchev–Trinajstić information content (AvgIpc) is 3.28. The van der Waals surface area contributed by atoms with E-state index in [9.17, 15) is 47.9 Å². The van der Waals surface area contributed by atoms with Crippen LogP contribution in [0.5, 0.6) is 0 Å². The molecule has 2 aliphatic carbocycles. The van der Waals surface area contributed by atoms with Crippen molar-refractivity contribution in [1.82, 2.24) is 0 Å². The number of azo groups is 2. The summed E-state index contributed by atoms with van der Waals surface area (Å²) in [5, 5.41) is 20.1. The van der Waals surface area contributed by atoms with Crippen molar-refractivity contribution in [3.63, 3.8) is 0 Å². The van der Waals surface area contributed by atoms with Crippen LogP contribution in [0.4, 0.5) is 11.4 Å². The fourth-order valence-corrected chi connectivity index (χ4v) is 6.93. The molecular formula is C46H40Cl2CuN6O10. The number of rotatable bonds is 19. The number of hydrogen-bond acceptors (Lipinski definition) is 14. The maximum atomic E-state index is 14.5. The zero-order valence-electron chi connectivity index (χ0n) is 34.9. The minimum atomic E-state index is -0.644. The van der Waals surface area contributed by atoms with E-state index in [-0.39, 0.29) is 185 Å². The zero-order chi connectivity index (χ0) is 44.5. The fourth-order valence-electron chi connectivity index (χ4n) is 6.93. The van der Waals surface area contributed by atoms with Gasteiger partial charge in [-0.25, -0.2) is 0 Å². The van der Waals surface area contributed by atoms with Crippen LogP contribution in [-0.4, -0.2) is 84.3 Å². The van der Waals surface area contributed by atoms with Crippen molar-refractivity contribution in [3.8, 4) is 11.1 Å². The molecule has 0 saturated heterocycles. The number of benzene rings is 4. The first-order valence-electron chi connectivity index (χ1n) is 19.9. The minimum Gasteiger partial charge on any atom is -1.00 e. The Morgan fingerprint density at radius 1 is 0.400 bits per heavy atom. The Hall–Kier alpha value is -6.52. The molecule has 0 bridgehead atoms. The second-order valence-electron chi connectivity index (χ2n) is 14.4. The van der Waals surface area contributed by atoms with E-state index < -0.39 is 46.5 Å². The Bertz CT molecular complexity index is 2500. The Balaban J connectivity index is 0.00000374. The molecule has 2 aliphatic rings. The number of anilines is 2. The number of fused-ring (bicyclic) bond motifs is 4. The van der Waals surface area contributed by atoms with Gasteiger partial charge >= 0.3 is 17.1 Å². The van der Waals surface area contributed by atoms with E-state index in [2.05, 4.69) is 31.1 Å². The summed E-state index contributed by atoms with van der Waals surface area (Å²) in [6.45, 7) is 2.42. The number of hydrogen-bond donors (Lipinski definition) is 2. The molecule has 0 spiro atoms. The molecule has 0 unspecified atom stereocenters. The van der Waals surface area contributed by atoms with Crippen LogP contribution in [0.25, 0.3) is 11.1 Å². The van der Waals surface area contributed by atoms with E-state index in [0.29, 0.717) is 0 Å². The second-order valence-corrected chi connectivity index (χ2v) is 14.4. The predicted molar refractivity (Wildman–Crippen MR) is 224 cm³/mol. The Kier molecular flexibility index (Phi) is 19.5. The first-order chi connectivity index (χ1) is 29.8. The third-order valence-electron chi connectivity index (χ3n) is 10.2. The molecule has 1 radical (unpaired) electrons. The molecule has 2 N–H and O–H groups in total. The van der Waals surface area contributed by atoms with Crippen molar-refractivity contribution >= 4 is 69.5 Å². The van der Waals surface area contributed by atoms with Crippen LogP contribution in [0, 0.1) is 0 Å². The summed E-state index contributed by atoms with van der Waals surface area (Å²) in [4.78, 5) is 132. The molecule has 0 saturated carbocycles. The van der Waals surface area contributed by atoms with E-state index in [0.717, 1.165) is 0 Å². The summed E-state index contributed by atoms with van der Waals surface area (Å²) in [6, 6.07) is 18.0. The third kappa shape index (κ3) is 12.0. The van der Waals surface area contributed by atoms with Crippen LogP contribution in [-0.2, 0) is 45.8 Å². The topological polar surface area (TPSA) is 244 Å². The number of carbonyl (C=O) groups is 10. The summed E-state index contributed by atoms with van der Waals surface area (Å²) < 4.78 is 0. The molecule has 16 nitrogen and oxygen atoms in total. The molecule has 4 aromatic rings. The van der Waals surface area contributed by atoms with E-state index in [1.807, 2.05) is 0 Å². The molecule has 0 aliphatic heterocycles. The monoisotopic (exact) mass is 969 g/mol. The smallest absolute Gasteiger partial charge is 1.00 e. The van der Waals surface area contributed by atoms with Crippen LogP contribution < -0.4 is 35.4 Å². The van der Waals surface area contributed by atoms with Gasteiger partial charge in [-0.15, -0.1) is 0 Å². The predicted octanol–water partition coefficient (Wildman–Crippen LogP) is 0.348. The number of nitrogens with one attached hydrogen (secondary N) is 2. The Morgan fingerprint density at radius 3 is 1.00 bits per heavy atom. The normalized spacial score (nSPS) is 12.2. The molecule has 2 amide bonds. The van der Waals surface area contributed by atoms with Crippen LogP contribution in [0.2, 0.25) is 0 Å². The molecular weight excluding hydrogens is 931 g/mol. The fraction of sp³-hybridized carbons (Fsp3) is 0.261. The largest absolute Gasteiger partial charge is 2.00 e. The van der Waals surface area contributed by atoms with Crippen LogP contribution in [0.3, 0.4) is 0 Å². The number of halogens is 2. The van der Waals surface area contributed by atoms with Crippen molar-refractivity contribution in [2.24, 2.45) is 20.5 Å². The number of ketones is 8. The average molecular weight is 971 g/mol. The van der Waals surface area contributed by atoms with Gasteiger partial charge < -0.3 is 35.4 Å². The molecule has 0 heterocycles. The van der Waals surface area contributed by atoms with Crippen LogP contribution in [0.1, 0.15) is 116 Å². The molecule has 0 atom stereocenters. The maximum Gasteiger partial charge on any atom is 2.00 e. The van der Waals surface area contributed by atoms with Gasteiger partial charge in [0.2, 0.25) is 11.8 Å². The van der Waals surface area contributed by atoms with Crippen LogP contribution in [0.15, 0.2) is 93.3 Å². The van der Waals surface area contributed by atoms with Gasteiger partial charge in [-0.1, -0.05) is 74.5 Å². The molecule has 0 aromatic heterocycles. The van der Waals surface area contributed by atoms with Gasteiger partial charge in [0, 0.05) is 71.9 Å². The molecule has 339 valence electrons. The van der Waals surface area contributed by atoms with Crippen LogP contribution >= 0.6 is 0 Å². The number of amides is 2. The quantitative estimate of drug-likeness (QED) is 0.0834. The van der Waals surface area contributed by atoms with Crippen molar-refractivity contribution in [3.05, 3.63) is 117 Å². The van der Waals surface area contributed by atoms with Gasteiger partial charge in [-0.3, -0.25) is 47.9 Å². The summed E-state index contributed by atoms with van der Waals surface area (Å²) in [6.07, 6.45) is -0.472. The second kappa shape index (κ2) is 24.0. The summed E-state index contributed by atoms with van der Waals surface area (Å²) in [7, 11) is 0. The number of Topliss-reactive ketones (excluding diaryl/α,β-unsaturated/α-hetero) is 4. The van der Waals surface area contributed by atoms with Gasteiger partial charge in [0.05, 0.1) is 22.5 Å². The van der Waals surface area contributed by atoms with E-state index in [1.165, 1.54) is 48.5 Å². The molecule has 6 rings (SSSR count). The van der Waals surface area contributed by atoms with E-state index in [1.54, 1.807) is 38.1 Å². The summed E-state index contributed by atoms with van der Waals surface area (Å²) in [5.41, 5.74) is -0.157. The molecule has 65 heavy (non-hydrogen) atoms. The number of carbonyl (C=O) groups excluding carboxylic acids is 10. The van der Waals surface area contributed by atoms with Gasteiger partial charge in [-0.05, 0) is 23.3 Å². The molecule has 0 fully saturated rings. The zero-order valence-corrected chi connectivity index (χ0v) is 37.4. The summed E-state index contributed by atoms with van der Waals surface area (Å²) >= 11 is 0. The van der Waals surface area contributed by atoms with Gasteiger partial charge in [-0.2, -0.15) is 20.5 Å². The standard InChI is InChI=1S/C46H40N6O10.2ClH.Cu/c1-3-25(53)21-47-49-23-27(55)13-19-37(57)51-35-17-15-29(39-41(35)45(61)33-11-7-5-9-31(33)43(39)59)30-16-18-36(42-40(30)44(60)32-10-6-8-12-34(32)46(42)62)52-38(58)20-14-28(56)24-50-48-22-26(54)4-2;;;/h5-12,15-18H,3-4,13-14,19-24H2,1-2H3,(H,51,57)(H,52,58);2*1H;/q;;;+2/p-2. The maximum absolute atomic E-state index is 14.5. The minimum absolute atomic E-state index is 0. The van der Waals surface area contributed by atoms with Gasteiger partial charge in [0.25, 0.3) is 0 Å². The Labute approximate surface area is 395 Å². The van der Waals surface area contributed by atoms with Gasteiger partial charge in [0.15, 0.2) is 46.3 Å². The van der Waals surface area contributed by atoms with E-state index in [4.69, 9.17) is 0 Å².